The number of carbonyl (C=O) groups excluding carboxylic acids is 2. The molecule has 5 heteroatoms. The molecule has 0 spiro atoms. The van der Waals surface area contributed by atoms with Crippen LogP contribution in [0.2, 0.25) is 0 Å². The summed E-state index contributed by atoms with van der Waals surface area (Å²) in [5.74, 6) is -0.516. The third-order valence-corrected chi connectivity index (χ3v) is 4.34. The summed E-state index contributed by atoms with van der Waals surface area (Å²) in [4.78, 5) is 28.3. The van der Waals surface area contributed by atoms with Crippen LogP contribution in [0.25, 0.3) is 0 Å². The van der Waals surface area contributed by atoms with Crippen molar-refractivity contribution in [2.45, 2.75) is 26.7 Å². The number of hydrogen-bond donors (Lipinski definition) is 0. The zero-order chi connectivity index (χ0) is 18.0. The first-order valence-corrected chi connectivity index (χ1v) is 8.37. The molecule has 2 aromatic rings. The molecule has 1 saturated heterocycles. The largest absolute Gasteiger partial charge is 0.324 e. The average molecular weight is 340 g/mol. The number of anilines is 1. The number of likely N-dealkylation sites (tertiary alicyclic amines) is 1. The molecule has 130 valence electrons. The molecule has 0 saturated carbocycles. The van der Waals surface area contributed by atoms with Gasteiger partial charge in [0, 0.05) is 24.2 Å². The highest BCUT2D eigenvalue weighted by Gasteiger charge is 2.26. The van der Waals surface area contributed by atoms with E-state index < -0.39 is 0 Å². The Labute approximate surface area is 146 Å². The summed E-state index contributed by atoms with van der Waals surface area (Å²) >= 11 is 0. The summed E-state index contributed by atoms with van der Waals surface area (Å²) in [7, 11) is 0. The zero-order valence-electron chi connectivity index (χ0n) is 14.5. The second-order valence-electron chi connectivity index (χ2n) is 6.49. The zero-order valence-corrected chi connectivity index (χ0v) is 14.5. The van der Waals surface area contributed by atoms with Gasteiger partial charge in [0.05, 0.1) is 0 Å². The van der Waals surface area contributed by atoms with E-state index in [-0.39, 0.29) is 24.3 Å². The highest BCUT2D eigenvalue weighted by molar-refractivity contribution is 6.06. The van der Waals surface area contributed by atoms with Crippen LogP contribution in [0.15, 0.2) is 42.5 Å². The van der Waals surface area contributed by atoms with Gasteiger partial charge in [-0.3, -0.25) is 14.5 Å². The second kappa shape index (κ2) is 7.05. The van der Waals surface area contributed by atoms with Crippen molar-refractivity contribution in [1.82, 2.24) is 4.90 Å². The van der Waals surface area contributed by atoms with E-state index in [1.165, 1.54) is 17.0 Å². The standard InChI is InChI=1S/C20H21FN2O2/c1-14-10-15(2)12-16(11-14)20(25)23(13-22-9-3-4-19(22)24)18-7-5-17(21)6-8-18/h5-8,10-12H,3-4,9,13H2,1-2H3. The van der Waals surface area contributed by atoms with E-state index in [0.717, 1.165) is 17.5 Å². The lowest BCUT2D eigenvalue weighted by atomic mass is 10.1. The molecule has 1 heterocycles. The Hall–Kier alpha value is -2.69. The monoisotopic (exact) mass is 340 g/mol. The van der Waals surface area contributed by atoms with E-state index in [9.17, 15) is 14.0 Å². The summed E-state index contributed by atoms with van der Waals surface area (Å²) in [5.41, 5.74) is 3.14. The van der Waals surface area contributed by atoms with Crippen LogP contribution in [-0.2, 0) is 4.79 Å². The Kier molecular flexibility index (Phi) is 4.83. The maximum atomic E-state index is 13.3. The van der Waals surface area contributed by atoms with Crippen LogP contribution < -0.4 is 4.90 Å². The van der Waals surface area contributed by atoms with E-state index in [0.29, 0.717) is 24.2 Å². The number of hydrogen-bond acceptors (Lipinski definition) is 2. The fourth-order valence-electron chi connectivity index (χ4n) is 3.16. The molecule has 2 aromatic carbocycles. The molecule has 1 aliphatic rings. The Morgan fingerprint density at radius 2 is 1.76 bits per heavy atom. The van der Waals surface area contributed by atoms with E-state index in [1.807, 2.05) is 32.0 Å². The quantitative estimate of drug-likeness (QED) is 0.852. The second-order valence-corrected chi connectivity index (χ2v) is 6.49. The van der Waals surface area contributed by atoms with Crippen LogP contribution in [0.5, 0.6) is 0 Å². The molecule has 0 aromatic heterocycles. The SMILES string of the molecule is Cc1cc(C)cc(C(=O)N(CN2CCCC2=O)c2ccc(F)cc2)c1. The Bertz CT molecular complexity index is 782. The topological polar surface area (TPSA) is 40.6 Å². The molecule has 0 bridgehead atoms. The number of aryl methyl sites for hydroxylation is 2. The van der Waals surface area contributed by atoms with E-state index in [2.05, 4.69) is 0 Å². The smallest absolute Gasteiger partial charge is 0.259 e. The van der Waals surface area contributed by atoms with Crippen molar-refractivity contribution in [3.63, 3.8) is 0 Å². The molecule has 1 fully saturated rings. The van der Waals surface area contributed by atoms with E-state index >= 15 is 0 Å². The minimum atomic E-state index is -0.361. The van der Waals surface area contributed by atoms with Gasteiger partial charge in [0.25, 0.3) is 5.91 Å². The average Bonchev–Trinajstić information content (AvgIpc) is 2.97. The molecular formula is C20H21FN2O2. The number of nitrogens with zero attached hydrogens (tertiary/aromatic N) is 2. The van der Waals surface area contributed by atoms with Gasteiger partial charge >= 0.3 is 0 Å². The van der Waals surface area contributed by atoms with Gasteiger partial charge in [-0.2, -0.15) is 0 Å². The van der Waals surface area contributed by atoms with Gasteiger partial charge in [-0.1, -0.05) is 17.2 Å². The van der Waals surface area contributed by atoms with Crippen LogP contribution in [-0.4, -0.2) is 29.9 Å². The molecule has 4 nitrogen and oxygen atoms in total. The highest BCUT2D eigenvalue weighted by Crippen LogP contribution is 2.21. The summed E-state index contributed by atoms with van der Waals surface area (Å²) in [5, 5.41) is 0. The Morgan fingerprint density at radius 1 is 1.12 bits per heavy atom. The molecule has 25 heavy (non-hydrogen) atoms. The maximum Gasteiger partial charge on any atom is 0.259 e. The van der Waals surface area contributed by atoms with Gasteiger partial charge in [0.2, 0.25) is 5.91 Å². The Morgan fingerprint density at radius 3 is 2.32 bits per heavy atom. The van der Waals surface area contributed by atoms with Gasteiger partial charge in [-0.15, -0.1) is 0 Å². The molecular weight excluding hydrogens is 319 g/mol. The number of carbonyl (C=O) groups is 2. The van der Waals surface area contributed by atoms with Gasteiger partial charge in [-0.25, -0.2) is 4.39 Å². The van der Waals surface area contributed by atoms with Crippen LogP contribution in [0.3, 0.4) is 0 Å². The van der Waals surface area contributed by atoms with Crippen LogP contribution >= 0.6 is 0 Å². The lowest BCUT2D eigenvalue weighted by Crippen LogP contribution is -2.42. The predicted octanol–water partition coefficient (Wildman–Crippen LogP) is 3.67. The first-order chi connectivity index (χ1) is 11.9. The fourth-order valence-corrected chi connectivity index (χ4v) is 3.16. The van der Waals surface area contributed by atoms with E-state index in [4.69, 9.17) is 0 Å². The van der Waals surface area contributed by atoms with Crippen molar-refractivity contribution in [1.29, 1.82) is 0 Å². The number of benzene rings is 2. The summed E-state index contributed by atoms with van der Waals surface area (Å²) in [6.07, 6.45) is 1.31. The summed E-state index contributed by atoms with van der Waals surface area (Å²) < 4.78 is 13.3. The lowest BCUT2D eigenvalue weighted by molar-refractivity contribution is -0.127. The normalized spacial score (nSPS) is 14.0. The molecule has 0 aliphatic carbocycles. The minimum Gasteiger partial charge on any atom is -0.324 e. The molecule has 1 aliphatic heterocycles. The van der Waals surface area contributed by atoms with Crippen molar-refractivity contribution in [2.75, 3.05) is 18.1 Å². The molecule has 2 amide bonds. The summed E-state index contributed by atoms with van der Waals surface area (Å²) in [6.45, 7) is 4.69. The van der Waals surface area contributed by atoms with Crippen LogP contribution in [0, 0.1) is 19.7 Å². The number of amides is 2. The minimum absolute atomic E-state index is 0.0420. The molecule has 0 atom stereocenters. The first kappa shape index (κ1) is 17.1. The maximum absolute atomic E-state index is 13.3. The van der Waals surface area contributed by atoms with Gasteiger partial charge in [0.1, 0.15) is 12.5 Å². The van der Waals surface area contributed by atoms with Crippen molar-refractivity contribution in [3.8, 4) is 0 Å². The number of halogens is 1. The third-order valence-electron chi connectivity index (χ3n) is 4.34. The van der Waals surface area contributed by atoms with Crippen LogP contribution in [0.1, 0.15) is 34.3 Å². The molecule has 0 N–H and O–H groups in total. The third kappa shape index (κ3) is 3.87. The molecule has 0 unspecified atom stereocenters. The van der Waals surface area contributed by atoms with Crippen molar-refractivity contribution >= 4 is 17.5 Å². The number of rotatable bonds is 4. The summed E-state index contributed by atoms with van der Waals surface area (Å²) in [6, 6.07) is 11.4. The lowest BCUT2D eigenvalue weighted by Gasteiger charge is -2.28. The first-order valence-electron chi connectivity index (χ1n) is 8.37. The highest BCUT2D eigenvalue weighted by atomic mass is 19.1. The van der Waals surface area contributed by atoms with Gasteiger partial charge in [-0.05, 0) is 56.7 Å². The van der Waals surface area contributed by atoms with Crippen molar-refractivity contribution < 1.29 is 14.0 Å². The predicted molar refractivity (Wildman–Crippen MR) is 94.9 cm³/mol. The van der Waals surface area contributed by atoms with Crippen molar-refractivity contribution in [2.24, 2.45) is 0 Å². The van der Waals surface area contributed by atoms with Gasteiger partial charge in [0.15, 0.2) is 0 Å². The van der Waals surface area contributed by atoms with Crippen molar-refractivity contribution in [3.05, 3.63) is 65.0 Å². The molecule has 3 rings (SSSR count). The molecule has 0 radical (unpaired) electrons. The fraction of sp³-hybridized carbons (Fsp3) is 0.300. The Balaban J connectivity index is 1.95. The van der Waals surface area contributed by atoms with Gasteiger partial charge < -0.3 is 4.90 Å². The van der Waals surface area contributed by atoms with Crippen LogP contribution in [0.4, 0.5) is 10.1 Å². The van der Waals surface area contributed by atoms with E-state index in [1.54, 1.807) is 17.0 Å².